The number of nitrogen functional groups attached to an aromatic ring is 1. The molecule has 5 heteroatoms. The number of carbonyl (C=O) groups is 1. The van der Waals surface area contributed by atoms with Crippen molar-refractivity contribution < 1.29 is 4.79 Å². The van der Waals surface area contributed by atoms with Gasteiger partial charge in [-0.3, -0.25) is 10.2 Å². The molecule has 3 rings (SSSR count). The van der Waals surface area contributed by atoms with Crippen molar-refractivity contribution in [2.45, 2.75) is 6.42 Å². The maximum atomic E-state index is 12.2. The number of anilines is 3. The summed E-state index contributed by atoms with van der Waals surface area (Å²) in [6.45, 7) is 0.664. The largest absolute Gasteiger partial charge is 0.399 e. The van der Waals surface area contributed by atoms with Crippen LogP contribution in [0.4, 0.5) is 22.0 Å². The molecule has 0 fully saturated rings. The van der Waals surface area contributed by atoms with Gasteiger partial charge in [0.1, 0.15) is 5.82 Å². The Hall–Kier alpha value is -2.56. The number of rotatable bonds is 1. The summed E-state index contributed by atoms with van der Waals surface area (Å²) in [6.07, 6.45) is 2.48. The number of carbonyl (C=O) groups excluding carboxylic acids is 1. The van der Waals surface area contributed by atoms with Crippen LogP contribution in [0, 0.1) is 0 Å². The van der Waals surface area contributed by atoms with Crippen LogP contribution in [0.5, 0.6) is 0 Å². The minimum Gasteiger partial charge on any atom is -0.399 e. The van der Waals surface area contributed by atoms with Crippen LogP contribution < -0.4 is 16.0 Å². The Bertz CT molecular complexity index is 612. The molecule has 0 saturated heterocycles. The van der Waals surface area contributed by atoms with Gasteiger partial charge in [0.15, 0.2) is 0 Å². The molecule has 1 aromatic carbocycles. The van der Waals surface area contributed by atoms with Gasteiger partial charge >= 0.3 is 6.03 Å². The molecule has 2 aromatic rings. The van der Waals surface area contributed by atoms with Gasteiger partial charge in [0.2, 0.25) is 0 Å². The number of nitrogens with zero attached hydrogens (tertiary/aromatic N) is 2. The van der Waals surface area contributed by atoms with E-state index in [-0.39, 0.29) is 6.03 Å². The van der Waals surface area contributed by atoms with Gasteiger partial charge in [-0.15, -0.1) is 0 Å². The highest BCUT2D eigenvalue weighted by atomic mass is 16.2. The lowest BCUT2D eigenvalue weighted by atomic mass is 10.1. The average Bonchev–Trinajstić information content (AvgIpc) is 2.82. The smallest absolute Gasteiger partial charge is 0.327 e. The number of aromatic nitrogens is 1. The van der Waals surface area contributed by atoms with E-state index in [2.05, 4.69) is 10.3 Å². The van der Waals surface area contributed by atoms with Gasteiger partial charge in [-0.2, -0.15) is 0 Å². The van der Waals surface area contributed by atoms with Gasteiger partial charge in [0.05, 0.1) is 0 Å². The number of nitrogens with two attached hydrogens (primary N) is 1. The minimum absolute atomic E-state index is 0.165. The zero-order chi connectivity index (χ0) is 13.2. The van der Waals surface area contributed by atoms with Gasteiger partial charge in [-0.05, 0) is 42.3 Å². The second-order valence-corrected chi connectivity index (χ2v) is 4.43. The molecule has 0 saturated carbocycles. The highest BCUT2D eigenvalue weighted by Gasteiger charge is 2.24. The van der Waals surface area contributed by atoms with Gasteiger partial charge in [-0.25, -0.2) is 9.78 Å². The van der Waals surface area contributed by atoms with Crippen LogP contribution in [0.15, 0.2) is 42.6 Å². The van der Waals surface area contributed by atoms with Crippen molar-refractivity contribution in [3.63, 3.8) is 0 Å². The molecule has 3 N–H and O–H groups in total. The number of fused-ring (bicyclic) bond motifs is 1. The van der Waals surface area contributed by atoms with E-state index in [1.165, 1.54) is 0 Å². The SMILES string of the molecule is Nc1ccc2c(c1)CCN2C(=O)Nc1ccccn1. The summed E-state index contributed by atoms with van der Waals surface area (Å²) in [5, 5.41) is 2.78. The molecular formula is C14H14N4O. The van der Waals surface area contributed by atoms with E-state index in [0.717, 1.165) is 23.4 Å². The quantitative estimate of drug-likeness (QED) is 0.767. The maximum absolute atomic E-state index is 12.2. The van der Waals surface area contributed by atoms with Crippen molar-refractivity contribution in [2.24, 2.45) is 0 Å². The Labute approximate surface area is 111 Å². The molecule has 1 aromatic heterocycles. The lowest BCUT2D eigenvalue weighted by Gasteiger charge is -2.17. The third-order valence-electron chi connectivity index (χ3n) is 3.14. The summed E-state index contributed by atoms with van der Waals surface area (Å²) in [4.78, 5) is 18.0. The molecule has 0 spiro atoms. The molecule has 0 aliphatic carbocycles. The number of pyridine rings is 1. The second-order valence-electron chi connectivity index (χ2n) is 4.43. The van der Waals surface area contributed by atoms with Crippen LogP contribution in [-0.4, -0.2) is 17.6 Å². The van der Waals surface area contributed by atoms with E-state index < -0.39 is 0 Å². The van der Waals surface area contributed by atoms with Crippen LogP contribution in [0.3, 0.4) is 0 Å². The maximum Gasteiger partial charge on any atom is 0.327 e. The third-order valence-corrected chi connectivity index (χ3v) is 3.14. The Morgan fingerprint density at radius 1 is 1.32 bits per heavy atom. The van der Waals surface area contributed by atoms with E-state index in [1.807, 2.05) is 30.3 Å². The topological polar surface area (TPSA) is 71.2 Å². The predicted molar refractivity (Wildman–Crippen MR) is 75.2 cm³/mol. The molecule has 96 valence electrons. The molecule has 0 bridgehead atoms. The Kier molecular flexibility index (Phi) is 2.79. The molecule has 0 unspecified atom stereocenters. The van der Waals surface area contributed by atoms with Crippen molar-refractivity contribution >= 4 is 23.2 Å². The number of urea groups is 1. The Morgan fingerprint density at radius 3 is 3.00 bits per heavy atom. The lowest BCUT2D eigenvalue weighted by molar-refractivity contribution is 0.257. The molecule has 2 heterocycles. The highest BCUT2D eigenvalue weighted by molar-refractivity contribution is 6.02. The van der Waals surface area contributed by atoms with Crippen molar-refractivity contribution in [2.75, 3.05) is 22.5 Å². The number of amides is 2. The van der Waals surface area contributed by atoms with Gasteiger partial charge in [0, 0.05) is 24.1 Å². The zero-order valence-electron chi connectivity index (χ0n) is 10.3. The molecule has 1 aliphatic rings. The molecule has 19 heavy (non-hydrogen) atoms. The van der Waals surface area contributed by atoms with E-state index in [4.69, 9.17) is 5.73 Å². The molecular weight excluding hydrogens is 240 g/mol. The van der Waals surface area contributed by atoms with Crippen molar-refractivity contribution in [1.82, 2.24) is 4.98 Å². The average molecular weight is 254 g/mol. The Morgan fingerprint density at radius 2 is 2.21 bits per heavy atom. The minimum atomic E-state index is -0.165. The number of nitrogens with one attached hydrogen (secondary N) is 1. The Balaban J connectivity index is 1.80. The summed E-state index contributed by atoms with van der Waals surface area (Å²) in [7, 11) is 0. The van der Waals surface area contributed by atoms with E-state index in [1.54, 1.807) is 17.2 Å². The van der Waals surface area contributed by atoms with Crippen molar-refractivity contribution in [3.8, 4) is 0 Å². The van der Waals surface area contributed by atoms with Gasteiger partial charge in [0.25, 0.3) is 0 Å². The number of benzene rings is 1. The lowest BCUT2D eigenvalue weighted by Crippen LogP contribution is -2.33. The first kappa shape index (κ1) is 11.5. The first-order chi connectivity index (χ1) is 9.24. The van der Waals surface area contributed by atoms with Gasteiger partial charge in [-0.1, -0.05) is 6.07 Å². The first-order valence-electron chi connectivity index (χ1n) is 6.12. The number of hydrogen-bond acceptors (Lipinski definition) is 3. The number of hydrogen-bond donors (Lipinski definition) is 2. The zero-order valence-corrected chi connectivity index (χ0v) is 10.3. The third kappa shape index (κ3) is 2.22. The normalized spacial score (nSPS) is 13.2. The van der Waals surface area contributed by atoms with Gasteiger partial charge < -0.3 is 5.73 Å². The second kappa shape index (κ2) is 4.61. The highest BCUT2D eigenvalue weighted by Crippen LogP contribution is 2.29. The molecule has 0 radical (unpaired) electrons. The summed E-state index contributed by atoms with van der Waals surface area (Å²) in [5.74, 6) is 0.552. The molecule has 1 aliphatic heterocycles. The van der Waals surface area contributed by atoms with Crippen LogP contribution in [0.25, 0.3) is 0 Å². The van der Waals surface area contributed by atoms with Crippen molar-refractivity contribution in [1.29, 1.82) is 0 Å². The monoisotopic (exact) mass is 254 g/mol. The van der Waals surface area contributed by atoms with E-state index in [9.17, 15) is 4.79 Å². The summed E-state index contributed by atoms with van der Waals surface area (Å²) in [6, 6.07) is 10.9. The fraction of sp³-hybridized carbons (Fsp3) is 0.143. The van der Waals surface area contributed by atoms with Crippen LogP contribution in [-0.2, 0) is 6.42 Å². The van der Waals surface area contributed by atoms with Crippen LogP contribution >= 0.6 is 0 Å². The summed E-state index contributed by atoms with van der Waals surface area (Å²) in [5.41, 5.74) is 8.50. The summed E-state index contributed by atoms with van der Waals surface area (Å²) >= 11 is 0. The molecule has 5 nitrogen and oxygen atoms in total. The first-order valence-corrected chi connectivity index (χ1v) is 6.12. The standard InChI is InChI=1S/C14H14N4O/c15-11-4-5-12-10(9-11)6-8-18(12)14(19)17-13-3-1-2-7-16-13/h1-5,7,9H,6,8,15H2,(H,16,17,19). The summed E-state index contributed by atoms with van der Waals surface area (Å²) < 4.78 is 0. The van der Waals surface area contributed by atoms with Crippen LogP contribution in [0.1, 0.15) is 5.56 Å². The predicted octanol–water partition coefficient (Wildman–Crippen LogP) is 2.26. The molecule has 0 atom stereocenters. The molecule has 2 amide bonds. The fourth-order valence-corrected chi connectivity index (χ4v) is 2.25. The van der Waals surface area contributed by atoms with E-state index in [0.29, 0.717) is 12.4 Å². The van der Waals surface area contributed by atoms with E-state index >= 15 is 0 Å². The fourth-order valence-electron chi connectivity index (χ4n) is 2.25. The van der Waals surface area contributed by atoms with Crippen molar-refractivity contribution in [3.05, 3.63) is 48.2 Å². The van der Waals surface area contributed by atoms with Crippen LogP contribution in [0.2, 0.25) is 0 Å².